The van der Waals surface area contributed by atoms with Crippen LogP contribution in [0, 0.1) is 0 Å². The zero-order chi connectivity index (χ0) is 13.1. The molecule has 0 bridgehead atoms. The van der Waals surface area contributed by atoms with Gasteiger partial charge in [-0.05, 0) is 48.4 Å². The van der Waals surface area contributed by atoms with Crippen LogP contribution in [0.1, 0.15) is 23.2 Å². The molecule has 1 atom stereocenters. The Morgan fingerprint density at radius 3 is 3.11 bits per heavy atom. The highest BCUT2D eigenvalue weighted by atomic mass is 79.9. The van der Waals surface area contributed by atoms with Gasteiger partial charge in [0, 0.05) is 23.3 Å². The number of hydrogen-bond acceptors (Lipinski definition) is 4. The van der Waals surface area contributed by atoms with Gasteiger partial charge in [0.05, 0.1) is 0 Å². The van der Waals surface area contributed by atoms with Gasteiger partial charge in [0.15, 0.2) is 0 Å². The van der Waals surface area contributed by atoms with Gasteiger partial charge >= 0.3 is 5.97 Å². The summed E-state index contributed by atoms with van der Waals surface area (Å²) in [7, 11) is 2.09. The Labute approximate surface area is 114 Å². The summed E-state index contributed by atoms with van der Waals surface area (Å²) in [5.74, 6) is -0.530. The first-order valence-corrected chi connectivity index (χ1v) is 6.70. The summed E-state index contributed by atoms with van der Waals surface area (Å²) >= 11 is 3.23. The molecule has 1 aliphatic heterocycles. The Balaban J connectivity index is 2.06. The molecule has 0 aromatic carbocycles. The molecule has 5 nitrogen and oxygen atoms in total. The second-order valence-electron chi connectivity index (χ2n) is 4.51. The maximum Gasteiger partial charge on any atom is 0.339 e. The highest BCUT2D eigenvalue weighted by molar-refractivity contribution is 9.10. The number of halogens is 1. The average Bonchev–Trinajstić information content (AvgIpc) is 2.73. The van der Waals surface area contributed by atoms with E-state index < -0.39 is 5.97 Å². The largest absolute Gasteiger partial charge is 0.478 e. The van der Waals surface area contributed by atoms with Crippen LogP contribution in [0.25, 0.3) is 0 Å². The van der Waals surface area contributed by atoms with Gasteiger partial charge in [-0.25, -0.2) is 9.78 Å². The fourth-order valence-electron chi connectivity index (χ4n) is 2.19. The molecule has 0 aliphatic carbocycles. The lowest BCUT2D eigenvalue weighted by Crippen LogP contribution is -2.32. The number of hydrogen-bond donors (Lipinski definition) is 2. The van der Waals surface area contributed by atoms with Crippen molar-refractivity contribution in [3.63, 3.8) is 0 Å². The molecule has 2 N–H and O–H groups in total. The van der Waals surface area contributed by atoms with Gasteiger partial charge in [-0.15, -0.1) is 0 Å². The van der Waals surface area contributed by atoms with Crippen molar-refractivity contribution in [1.82, 2.24) is 9.88 Å². The van der Waals surface area contributed by atoms with Crippen LogP contribution in [0.5, 0.6) is 0 Å². The smallest absolute Gasteiger partial charge is 0.339 e. The summed E-state index contributed by atoms with van der Waals surface area (Å²) in [6.45, 7) is 1.83. The number of likely N-dealkylation sites (N-methyl/N-ethyl adjacent to an activating group) is 1. The lowest BCUT2D eigenvalue weighted by molar-refractivity contribution is 0.0697. The molecule has 1 unspecified atom stereocenters. The third kappa shape index (κ3) is 3.00. The number of anilines is 1. The van der Waals surface area contributed by atoms with Crippen LogP contribution in [0.2, 0.25) is 0 Å². The van der Waals surface area contributed by atoms with Crippen LogP contribution >= 0.6 is 15.9 Å². The molecule has 0 spiro atoms. The fraction of sp³-hybridized carbons (Fsp3) is 0.500. The number of carboxylic acids is 1. The quantitative estimate of drug-likeness (QED) is 0.890. The van der Waals surface area contributed by atoms with E-state index >= 15 is 0 Å². The highest BCUT2D eigenvalue weighted by Crippen LogP contribution is 2.20. The van der Waals surface area contributed by atoms with E-state index in [0.717, 1.165) is 19.5 Å². The Morgan fingerprint density at radius 1 is 1.72 bits per heavy atom. The van der Waals surface area contributed by atoms with Crippen LogP contribution in [0.4, 0.5) is 5.82 Å². The van der Waals surface area contributed by atoms with Gasteiger partial charge in [-0.3, -0.25) is 0 Å². The van der Waals surface area contributed by atoms with Crippen LogP contribution in [0.15, 0.2) is 16.7 Å². The number of carbonyl (C=O) groups is 1. The van der Waals surface area contributed by atoms with Gasteiger partial charge < -0.3 is 15.3 Å². The van der Waals surface area contributed by atoms with Gasteiger partial charge in [0.2, 0.25) is 0 Å². The molecular formula is C12H16BrN3O2. The molecule has 2 heterocycles. The first-order chi connectivity index (χ1) is 8.58. The van der Waals surface area contributed by atoms with Crippen molar-refractivity contribution in [1.29, 1.82) is 0 Å². The Kier molecular flexibility index (Phi) is 4.19. The molecule has 6 heteroatoms. The minimum Gasteiger partial charge on any atom is -0.478 e. The molecule has 1 saturated heterocycles. The summed E-state index contributed by atoms with van der Waals surface area (Å²) in [5.41, 5.74) is 0.199. The number of aromatic nitrogens is 1. The SMILES string of the molecule is CN1CCCC1CNc1ncc(Br)cc1C(=O)O. The lowest BCUT2D eigenvalue weighted by atomic mass is 10.2. The standard InChI is InChI=1S/C12H16BrN3O2/c1-16-4-2-3-9(16)7-15-11-10(12(17)18)5-8(13)6-14-11/h5-6,9H,2-4,7H2,1H3,(H,14,15)(H,17,18). The average molecular weight is 314 g/mol. The fourth-order valence-corrected chi connectivity index (χ4v) is 2.53. The summed E-state index contributed by atoms with van der Waals surface area (Å²) in [5, 5.41) is 12.3. The van der Waals surface area contributed by atoms with E-state index in [-0.39, 0.29) is 5.56 Å². The molecule has 2 rings (SSSR count). The number of nitrogens with zero attached hydrogens (tertiary/aromatic N) is 2. The summed E-state index contributed by atoms with van der Waals surface area (Å²) in [6.07, 6.45) is 3.94. The zero-order valence-electron chi connectivity index (χ0n) is 10.2. The minimum atomic E-state index is -0.967. The van der Waals surface area contributed by atoms with E-state index in [1.807, 2.05) is 0 Å². The second kappa shape index (κ2) is 5.67. The molecule has 1 aromatic heterocycles. The maximum atomic E-state index is 11.1. The van der Waals surface area contributed by atoms with Crippen molar-refractivity contribution in [2.24, 2.45) is 0 Å². The van der Waals surface area contributed by atoms with Crippen molar-refractivity contribution < 1.29 is 9.90 Å². The summed E-state index contributed by atoms with van der Waals surface area (Å²) in [4.78, 5) is 17.5. The van der Waals surface area contributed by atoms with E-state index in [1.54, 1.807) is 12.3 Å². The normalized spacial score (nSPS) is 20.0. The molecule has 1 aromatic rings. The molecule has 18 heavy (non-hydrogen) atoms. The first-order valence-electron chi connectivity index (χ1n) is 5.91. The third-order valence-corrected chi connectivity index (χ3v) is 3.70. The highest BCUT2D eigenvalue weighted by Gasteiger charge is 2.21. The van der Waals surface area contributed by atoms with E-state index in [9.17, 15) is 4.79 Å². The van der Waals surface area contributed by atoms with Crippen molar-refractivity contribution in [3.8, 4) is 0 Å². The van der Waals surface area contributed by atoms with Crippen molar-refractivity contribution in [2.75, 3.05) is 25.5 Å². The third-order valence-electron chi connectivity index (χ3n) is 3.26. The van der Waals surface area contributed by atoms with Crippen LogP contribution in [-0.4, -0.2) is 47.1 Å². The molecular weight excluding hydrogens is 298 g/mol. The molecule has 1 fully saturated rings. The Bertz CT molecular complexity index is 453. The van der Waals surface area contributed by atoms with Crippen LogP contribution in [0.3, 0.4) is 0 Å². The number of carboxylic acid groups (broad SMARTS) is 1. The predicted molar refractivity (Wildman–Crippen MR) is 73.0 cm³/mol. The lowest BCUT2D eigenvalue weighted by Gasteiger charge is -2.20. The van der Waals surface area contributed by atoms with Gasteiger partial charge in [0.25, 0.3) is 0 Å². The predicted octanol–water partition coefficient (Wildman–Crippen LogP) is 2.05. The van der Waals surface area contributed by atoms with E-state index in [1.165, 1.54) is 6.42 Å². The number of aromatic carboxylic acids is 1. The van der Waals surface area contributed by atoms with Crippen molar-refractivity contribution in [3.05, 3.63) is 22.3 Å². The molecule has 0 radical (unpaired) electrons. The first kappa shape index (κ1) is 13.3. The monoisotopic (exact) mass is 313 g/mol. The topological polar surface area (TPSA) is 65.5 Å². The van der Waals surface area contributed by atoms with Crippen molar-refractivity contribution >= 4 is 27.7 Å². The van der Waals surface area contributed by atoms with Crippen LogP contribution in [-0.2, 0) is 0 Å². The van der Waals surface area contributed by atoms with E-state index in [0.29, 0.717) is 16.3 Å². The van der Waals surface area contributed by atoms with E-state index in [4.69, 9.17) is 5.11 Å². The van der Waals surface area contributed by atoms with Gasteiger partial charge in [-0.2, -0.15) is 0 Å². The minimum absolute atomic E-state index is 0.199. The molecule has 0 amide bonds. The Hall–Kier alpha value is -1.14. The number of nitrogens with one attached hydrogen (secondary N) is 1. The number of pyridine rings is 1. The summed E-state index contributed by atoms with van der Waals surface area (Å²) in [6, 6.07) is 2.02. The molecule has 98 valence electrons. The number of likely N-dealkylation sites (tertiary alicyclic amines) is 1. The van der Waals surface area contributed by atoms with E-state index in [2.05, 4.69) is 38.2 Å². The molecule has 0 saturated carbocycles. The molecule has 1 aliphatic rings. The van der Waals surface area contributed by atoms with Crippen molar-refractivity contribution in [2.45, 2.75) is 18.9 Å². The van der Waals surface area contributed by atoms with Crippen LogP contribution < -0.4 is 5.32 Å². The number of rotatable bonds is 4. The van der Waals surface area contributed by atoms with Gasteiger partial charge in [-0.1, -0.05) is 0 Å². The Morgan fingerprint density at radius 2 is 2.50 bits per heavy atom. The zero-order valence-corrected chi connectivity index (χ0v) is 11.8. The maximum absolute atomic E-state index is 11.1. The second-order valence-corrected chi connectivity index (χ2v) is 5.43. The summed E-state index contributed by atoms with van der Waals surface area (Å²) < 4.78 is 0.670. The van der Waals surface area contributed by atoms with Gasteiger partial charge in [0.1, 0.15) is 11.4 Å².